The topological polar surface area (TPSA) is 49.6 Å². The van der Waals surface area contributed by atoms with Crippen molar-refractivity contribution in [2.45, 2.75) is 6.18 Å². The van der Waals surface area contributed by atoms with Crippen molar-refractivity contribution in [3.05, 3.63) is 68.1 Å². The van der Waals surface area contributed by atoms with E-state index in [2.05, 4.69) is 16.0 Å². The van der Waals surface area contributed by atoms with Crippen LogP contribution in [-0.4, -0.2) is 9.97 Å². The molecule has 1 aromatic carbocycles. The summed E-state index contributed by atoms with van der Waals surface area (Å²) in [4.78, 5) is 8.07. The van der Waals surface area contributed by atoms with E-state index in [1.165, 1.54) is 0 Å². The number of nitrogens with zero attached hydrogens (tertiary/aromatic N) is 3. The number of halogens is 5. The minimum Gasteiger partial charge on any atom is -0.252 e. The lowest BCUT2D eigenvalue weighted by Crippen LogP contribution is -2.05. The Kier molecular flexibility index (Phi) is 5.51. The summed E-state index contributed by atoms with van der Waals surface area (Å²) in [7, 11) is 0. The fourth-order valence-electron chi connectivity index (χ4n) is 2.18. The first-order valence-electron chi connectivity index (χ1n) is 7.35. The zero-order valence-corrected chi connectivity index (χ0v) is 15.6. The molecule has 0 N–H and O–H groups in total. The molecule has 0 saturated heterocycles. The second kappa shape index (κ2) is 7.69. The van der Waals surface area contributed by atoms with E-state index in [-0.39, 0.29) is 22.0 Å². The number of rotatable bonds is 3. The van der Waals surface area contributed by atoms with Gasteiger partial charge in [-0.05, 0) is 23.8 Å². The van der Waals surface area contributed by atoms with Crippen LogP contribution in [0.15, 0.2) is 41.9 Å². The third-order valence-electron chi connectivity index (χ3n) is 3.47. The van der Waals surface area contributed by atoms with Gasteiger partial charge in [0.1, 0.15) is 22.5 Å². The molecule has 0 bridgehead atoms. The van der Waals surface area contributed by atoms with E-state index in [1.54, 1.807) is 35.7 Å². The van der Waals surface area contributed by atoms with Gasteiger partial charge in [-0.15, -0.1) is 11.3 Å². The molecule has 0 amide bonds. The number of aromatic nitrogens is 2. The van der Waals surface area contributed by atoms with Gasteiger partial charge in [0.2, 0.25) is 0 Å². The molecule has 27 heavy (non-hydrogen) atoms. The van der Waals surface area contributed by atoms with Crippen molar-refractivity contribution in [1.29, 1.82) is 5.26 Å². The average molecular weight is 426 g/mol. The predicted molar refractivity (Wildman–Crippen MR) is 100 cm³/mol. The number of thiazole rings is 1. The van der Waals surface area contributed by atoms with Crippen LogP contribution in [0.25, 0.3) is 23.0 Å². The molecule has 0 aliphatic carbocycles. The summed E-state index contributed by atoms with van der Waals surface area (Å²) in [6, 6.07) is 9.85. The molecule has 0 saturated carbocycles. The van der Waals surface area contributed by atoms with Crippen LogP contribution in [0.3, 0.4) is 0 Å². The lowest BCUT2D eigenvalue weighted by molar-refractivity contribution is -0.137. The number of hydrogen-bond donors (Lipinski definition) is 0. The first-order valence-corrected chi connectivity index (χ1v) is 8.98. The second-order valence-corrected chi connectivity index (χ2v) is 6.95. The fraction of sp³-hybridized carbons (Fsp3) is 0.0556. The average Bonchev–Trinajstić information content (AvgIpc) is 3.09. The van der Waals surface area contributed by atoms with Crippen molar-refractivity contribution in [1.82, 2.24) is 9.97 Å². The summed E-state index contributed by atoms with van der Waals surface area (Å²) >= 11 is 13.2. The Balaban J connectivity index is 1.97. The molecule has 0 aliphatic rings. The quantitative estimate of drug-likeness (QED) is 0.444. The smallest absolute Gasteiger partial charge is 0.252 e. The normalized spacial score (nSPS) is 12.1. The van der Waals surface area contributed by atoms with Crippen molar-refractivity contribution in [2.75, 3.05) is 0 Å². The van der Waals surface area contributed by atoms with E-state index in [0.717, 1.165) is 17.4 Å². The highest BCUT2D eigenvalue weighted by Crippen LogP contribution is 2.35. The third-order valence-corrected chi connectivity index (χ3v) is 4.98. The van der Waals surface area contributed by atoms with Crippen LogP contribution < -0.4 is 0 Å². The van der Waals surface area contributed by atoms with Gasteiger partial charge in [-0.3, -0.25) is 4.98 Å². The molecule has 2 aromatic heterocycles. The van der Waals surface area contributed by atoms with Gasteiger partial charge in [-0.25, -0.2) is 4.98 Å². The first kappa shape index (κ1) is 19.4. The van der Waals surface area contributed by atoms with Gasteiger partial charge < -0.3 is 0 Å². The third kappa shape index (κ3) is 4.30. The molecule has 136 valence electrons. The summed E-state index contributed by atoms with van der Waals surface area (Å²) in [5.74, 6) is 0. The van der Waals surface area contributed by atoms with Crippen LogP contribution in [-0.2, 0) is 6.18 Å². The Morgan fingerprint density at radius 1 is 1.19 bits per heavy atom. The van der Waals surface area contributed by atoms with Crippen molar-refractivity contribution in [3.63, 3.8) is 0 Å². The van der Waals surface area contributed by atoms with Crippen LogP contribution in [0, 0.1) is 11.3 Å². The van der Waals surface area contributed by atoms with Crippen LogP contribution in [0.4, 0.5) is 13.2 Å². The number of alkyl halides is 3. The maximum absolute atomic E-state index is 12.7. The van der Waals surface area contributed by atoms with Crippen molar-refractivity contribution < 1.29 is 13.2 Å². The Morgan fingerprint density at radius 2 is 1.93 bits per heavy atom. The first-order chi connectivity index (χ1) is 12.8. The molecule has 0 aliphatic heterocycles. The molecule has 0 spiro atoms. The molecular formula is C18H8Cl2F3N3S. The van der Waals surface area contributed by atoms with Gasteiger partial charge in [0.25, 0.3) is 0 Å². The van der Waals surface area contributed by atoms with Crippen molar-refractivity contribution in [3.8, 4) is 17.5 Å². The Labute approximate surface area is 166 Å². The predicted octanol–water partition coefficient (Wildman–Crippen LogP) is 6.59. The number of allylic oxidation sites excluding steroid dienone is 1. The lowest BCUT2D eigenvalue weighted by atomic mass is 10.1. The number of benzene rings is 1. The summed E-state index contributed by atoms with van der Waals surface area (Å²) in [6.07, 6.45) is -2.24. The standard InChI is InChI=1S/C18H8Cl2F3N3S/c19-13-4-2-1-3-10(13)5-11(7-24)17-26-15(9-27-17)16-14(20)6-12(8-25-16)18(21,22)23/h1-6,8-9H/b11-5+. The number of hydrogen-bond acceptors (Lipinski definition) is 4. The highest BCUT2D eigenvalue weighted by atomic mass is 35.5. The van der Waals surface area contributed by atoms with Gasteiger partial charge >= 0.3 is 6.18 Å². The maximum Gasteiger partial charge on any atom is 0.417 e. The highest BCUT2D eigenvalue weighted by Gasteiger charge is 2.31. The zero-order chi connectivity index (χ0) is 19.6. The Bertz CT molecular complexity index is 1070. The van der Waals surface area contributed by atoms with Gasteiger partial charge in [0, 0.05) is 16.6 Å². The van der Waals surface area contributed by atoms with Crippen molar-refractivity contribution in [2.24, 2.45) is 0 Å². The fourth-order valence-corrected chi connectivity index (χ4v) is 3.40. The van der Waals surface area contributed by atoms with Gasteiger partial charge in [-0.1, -0.05) is 41.4 Å². The van der Waals surface area contributed by atoms with E-state index in [0.29, 0.717) is 21.8 Å². The number of pyridine rings is 1. The van der Waals surface area contributed by atoms with Crippen LogP contribution >= 0.6 is 34.5 Å². The summed E-state index contributed by atoms with van der Waals surface area (Å²) < 4.78 is 38.2. The molecule has 9 heteroatoms. The number of nitriles is 1. The van der Waals surface area contributed by atoms with E-state index >= 15 is 0 Å². The van der Waals surface area contributed by atoms with Gasteiger partial charge in [0.05, 0.1) is 16.2 Å². The zero-order valence-electron chi connectivity index (χ0n) is 13.3. The largest absolute Gasteiger partial charge is 0.417 e. The molecule has 3 aromatic rings. The molecular weight excluding hydrogens is 418 g/mol. The van der Waals surface area contributed by atoms with E-state index in [9.17, 15) is 18.4 Å². The Hall–Kier alpha value is -2.40. The summed E-state index contributed by atoms with van der Waals surface area (Å²) in [6.45, 7) is 0. The highest BCUT2D eigenvalue weighted by molar-refractivity contribution is 7.11. The SMILES string of the molecule is N#C/C(=C\c1ccccc1Cl)c1nc(-c2ncc(C(F)(F)F)cc2Cl)cs1. The van der Waals surface area contributed by atoms with Gasteiger partial charge in [0.15, 0.2) is 0 Å². The summed E-state index contributed by atoms with van der Waals surface area (Å²) in [5, 5.41) is 11.7. The monoisotopic (exact) mass is 425 g/mol. The minimum atomic E-state index is -4.53. The molecule has 3 rings (SSSR count). The molecule has 3 nitrogen and oxygen atoms in total. The molecule has 2 heterocycles. The molecule has 0 radical (unpaired) electrons. The maximum atomic E-state index is 12.7. The minimum absolute atomic E-state index is 0.113. The van der Waals surface area contributed by atoms with Gasteiger partial charge in [-0.2, -0.15) is 18.4 Å². The van der Waals surface area contributed by atoms with Crippen LogP contribution in [0.1, 0.15) is 16.1 Å². The van der Waals surface area contributed by atoms with E-state index in [4.69, 9.17) is 23.2 Å². The van der Waals surface area contributed by atoms with E-state index < -0.39 is 11.7 Å². The molecule has 0 atom stereocenters. The molecule has 0 unspecified atom stereocenters. The molecule has 0 fully saturated rings. The lowest BCUT2D eigenvalue weighted by Gasteiger charge is -2.07. The van der Waals surface area contributed by atoms with Crippen LogP contribution in [0.2, 0.25) is 10.0 Å². The second-order valence-electron chi connectivity index (χ2n) is 5.28. The van der Waals surface area contributed by atoms with E-state index in [1.807, 2.05) is 0 Å². The van der Waals surface area contributed by atoms with Crippen LogP contribution in [0.5, 0.6) is 0 Å². The Morgan fingerprint density at radius 3 is 2.56 bits per heavy atom. The van der Waals surface area contributed by atoms with Crippen molar-refractivity contribution >= 4 is 46.2 Å². The summed E-state index contributed by atoms with van der Waals surface area (Å²) in [5.41, 5.74) is 0.375.